The van der Waals surface area contributed by atoms with Gasteiger partial charge < -0.3 is 14.4 Å². The zero-order valence-electron chi connectivity index (χ0n) is 8.27. The van der Waals surface area contributed by atoms with E-state index in [1.807, 2.05) is 0 Å². The number of hydrogen-bond donors (Lipinski definition) is 1. The summed E-state index contributed by atoms with van der Waals surface area (Å²) in [5.41, 5.74) is 0.709. The lowest BCUT2D eigenvalue weighted by molar-refractivity contribution is 0.190. The third kappa shape index (κ3) is 2.97. The van der Waals surface area contributed by atoms with Gasteiger partial charge in [0.25, 0.3) is 5.56 Å². The van der Waals surface area contributed by atoms with Crippen LogP contribution >= 0.6 is 0 Å². The van der Waals surface area contributed by atoms with E-state index in [9.17, 15) is 4.79 Å². The maximum atomic E-state index is 11.3. The van der Waals surface area contributed by atoms with Gasteiger partial charge in [0, 0.05) is 32.5 Å². The van der Waals surface area contributed by atoms with Crippen LogP contribution in [0.1, 0.15) is 12.0 Å². The summed E-state index contributed by atoms with van der Waals surface area (Å²) in [5, 5.41) is 8.88. The molecule has 1 N–H and O–H groups in total. The van der Waals surface area contributed by atoms with Crippen molar-refractivity contribution in [1.29, 1.82) is 0 Å². The van der Waals surface area contributed by atoms with E-state index in [4.69, 9.17) is 9.84 Å². The minimum Gasteiger partial charge on any atom is -0.392 e. The zero-order valence-corrected chi connectivity index (χ0v) is 8.27. The molecule has 0 fully saturated rings. The van der Waals surface area contributed by atoms with E-state index in [0.717, 1.165) is 12.0 Å². The van der Waals surface area contributed by atoms with E-state index in [0.29, 0.717) is 13.2 Å². The van der Waals surface area contributed by atoms with Crippen LogP contribution in [0.25, 0.3) is 0 Å². The van der Waals surface area contributed by atoms with Crippen molar-refractivity contribution in [3.63, 3.8) is 0 Å². The van der Waals surface area contributed by atoms with E-state index in [1.165, 1.54) is 6.07 Å². The minimum atomic E-state index is -0.0432. The van der Waals surface area contributed by atoms with E-state index in [2.05, 4.69) is 0 Å². The Hall–Kier alpha value is -1.13. The quantitative estimate of drug-likeness (QED) is 0.694. The smallest absolute Gasteiger partial charge is 0.250 e. The molecule has 1 aromatic rings. The molecule has 0 radical (unpaired) electrons. The molecule has 0 saturated carbocycles. The van der Waals surface area contributed by atoms with Crippen LogP contribution in [-0.4, -0.2) is 23.4 Å². The van der Waals surface area contributed by atoms with Crippen molar-refractivity contribution in [1.82, 2.24) is 4.57 Å². The van der Waals surface area contributed by atoms with Gasteiger partial charge >= 0.3 is 0 Å². The highest BCUT2D eigenvalue weighted by Crippen LogP contribution is 1.96. The predicted molar refractivity (Wildman–Crippen MR) is 53.1 cm³/mol. The number of methoxy groups -OCH3 is 1. The van der Waals surface area contributed by atoms with Gasteiger partial charge in [0.15, 0.2) is 0 Å². The SMILES string of the molecule is COCCCn1cc(CO)ccc1=O. The average Bonchev–Trinajstić information content (AvgIpc) is 2.21. The maximum Gasteiger partial charge on any atom is 0.250 e. The Kier molecular flexibility index (Phi) is 4.35. The topological polar surface area (TPSA) is 51.5 Å². The summed E-state index contributed by atoms with van der Waals surface area (Å²) < 4.78 is 6.48. The molecule has 0 atom stereocenters. The summed E-state index contributed by atoms with van der Waals surface area (Å²) >= 11 is 0. The summed E-state index contributed by atoms with van der Waals surface area (Å²) in [4.78, 5) is 11.3. The monoisotopic (exact) mass is 197 g/mol. The normalized spacial score (nSPS) is 10.4. The van der Waals surface area contributed by atoms with Crippen LogP contribution in [0, 0.1) is 0 Å². The van der Waals surface area contributed by atoms with E-state index >= 15 is 0 Å². The highest BCUT2D eigenvalue weighted by Gasteiger charge is 1.97. The van der Waals surface area contributed by atoms with Gasteiger partial charge in [0.05, 0.1) is 6.61 Å². The molecule has 0 aromatic carbocycles. The molecule has 0 unspecified atom stereocenters. The fourth-order valence-corrected chi connectivity index (χ4v) is 1.23. The molecule has 1 aromatic heterocycles. The largest absolute Gasteiger partial charge is 0.392 e. The first-order chi connectivity index (χ1) is 6.77. The van der Waals surface area contributed by atoms with Gasteiger partial charge in [0.1, 0.15) is 0 Å². The van der Waals surface area contributed by atoms with Crippen LogP contribution < -0.4 is 5.56 Å². The van der Waals surface area contributed by atoms with Gasteiger partial charge in [-0.1, -0.05) is 0 Å². The Labute approximate surface area is 82.8 Å². The molecule has 1 rings (SSSR count). The first kappa shape index (κ1) is 10.9. The molecule has 0 amide bonds. The summed E-state index contributed by atoms with van der Waals surface area (Å²) in [6.45, 7) is 1.22. The molecule has 4 nitrogen and oxygen atoms in total. The standard InChI is InChI=1S/C10H15NO3/c1-14-6-2-5-11-7-9(8-12)3-4-10(11)13/h3-4,7,12H,2,5-6,8H2,1H3. The van der Waals surface area contributed by atoms with Gasteiger partial charge in [-0.3, -0.25) is 4.79 Å². The van der Waals surface area contributed by atoms with Crippen LogP contribution in [0.15, 0.2) is 23.1 Å². The first-order valence-corrected chi connectivity index (χ1v) is 4.57. The van der Waals surface area contributed by atoms with Crippen molar-refractivity contribution in [2.24, 2.45) is 0 Å². The Morgan fingerprint density at radius 1 is 1.50 bits per heavy atom. The molecule has 4 heteroatoms. The molecule has 0 saturated heterocycles. The lowest BCUT2D eigenvalue weighted by atomic mass is 10.3. The third-order valence-electron chi connectivity index (χ3n) is 1.97. The molecule has 0 bridgehead atoms. The first-order valence-electron chi connectivity index (χ1n) is 4.57. The Balaban J connectivity index is 2.69. The van der Waals surface area contributed by atoms with Gasteiger partial charge in [0.2, 0.25) is 0 Å². The summed E-state index contributed by atoms with van der Waals surface area (Å²) in [6.07, 6.45) is 2.48. The maximum absolute atomic E-state index is 11.3. The second-order valence-electron chi connectivity index (χ2n) is 3.07. The lowest BCUT2D eigenvalue weighted by Crippen LogP contribution is -2.19. The zero-order chi connectivity index (χ0) is 10.4. The summed E-state index contributed by atoms with van der Waals surface area (Å²) in [5.74, 6) is 0. The van der Waals surface area contributed by atoms with Gasteiger partial charge in [-0.2, -0.15) is 0 Å². The molecule has 0 spiro atoms. The molecular formula is C10H15NO3. The molecule has 0 aliphatic heterocycles. The second-order valence-corrected chi connectivity index (χ2v) is 3.07. The summed E-state index contributed by atoms with van der Waals surface area (Å²) in [6, 6.07) is 3.10. The van der Waals surface area contributed by atoms with E-state index in [-0.39, 0.29) is 12.2 Å². The fraction of sp³-hybridized carbons (Fsp3) is 0.500. The molecule has 14 heavy (non-hydrogen) atoms. The van der Waals surface area contributed by atoms with Crippen LogP contribution in [0.2, 0.25) is 0 Å². The third-order valence-corrected chi connectivity index (χ3v) is 1.97. The van der Waals surface area contributed by atoms with Crippen LogP contribution in [0.4, 0.5) is 0 Å². The van der Waals surface area contributed by atoms with Crippen molar-refractivity contribution in [2.75, 3.05) is 13.7 Å². The molecule has 78 valence electrons. The molecule has 0 aliphatic rings. The fourth-order valence-electron chi connectivity index (χ4n) is 1.23. The highest BCUT2D eigenvalue weighted by atomic mass is 16.5. The highest BCUT2D eigenvalue weighted by molar-refractivity contribution is 5.08. The predicted octanol–water partition coefficient (Wildman–Crippen LogP) is 0.377. The number of ether oxygens (including phenoxy) is 1. The Morgan fingerprint density at radius 2 is 2.29 bits per heavy atom. The van der Waals surface area contributed by atoms with E-state index < -0.39 is 0 Å². The van der Waals surface area contributed by atoms with Gasteiger partial charge in [-0.15, -0.1) is 0 Å². The van der Waals surface area contributed by atoms with Crippen LogP contribution in [0.3, 0.4) is 0 Å². The minimum absolute atomic E-state index is 0.0371. The van der Waals surface area contributed by atoms with E-state index in [1.54, 1.807) is 23.9 Å². The van der Waals surface area contributed by atoms with Gasteiger partial charge in [-0.25, -0.2) is 0 Å². The lowest BCUT2D eigenvalue weighted by Gasteiger charge is -2.06. The number of aliphatic hydroxyl groups is 1. The number of aliphatic hydroxyl groups excluding tert-OH is 1. The van der Waals surface area contributed by atoms with Crippen molar-refractivity contribution in [3.8, 4) is 0 Å². The molecular weight excluding hydrogens is 182 g/mol. The van der Waals surface area contributed by atoms with Crippen molar-refractivity contribution in [3.05, 3.63) is 34.2 Å². The van der Waals surface area contributed by atoms with Gasteiger partial charge in [-0.05, 0) is 18.1 Å². The average molecular weight is 197 g/mol. The molecule has 1 heterocycles. The number of rotatable bonds is 5. The Morgan fingerprint density at radius 3 is 2.93 bits per heavy atom. The Bertz CT molecular complexity index is 332. The van der Waals surface area contributed by atoms with Crippen molar-refractivity contribution < 1.29 is 9.84 Å². The number of nitrogens with zero attached hydrogens (tertiary/aromatic N) is 1. The number of aromatic nitrogens is 1. The number of aryl methyl sites for hydroxylation is 1. The second kappa shape index (κ2) is 5.57. The van der Waals surface area contributed by atoms with Crippen molar-refractivity contribution >= 4 is 0 Å². The molecule has 0 aliphatic carbocycles. The number of hydrogen-bond acceptors (Lipinski definition) is 3. The van der Waals surface area contributed by atoms with Crippen LogP contribution in [0.5, 0.6) is 0 Å². The summed E-state index contributed by atoms with van der Waals surface area (Å²) in [7, 11) is 1.63. The van der Waals surface area contributed by atoms with Crippen molar-refractivity contribution in [2.45, 2.75) is 19.6 Å². The van der Waals surface area contributed by atoms with Crippen LogP contribution in [-0.2, 0) is 17.9 Å². The number of pyridine rings is 1.